The molecule has 0 radical (unpaired) electrons. The van der Waals surface area contributed by atoms with Crippen molar-refractivity contribution < 1.29 is 18.3 Å². The number of halogens is 1. The lowest BCUT2D eigenvalue weighted by Gasteiger charge is -2.37. The zero-order valence-corrected chi connectivity index (χ0v) is 21.9. The van der Waals surface area contributed by atoms with Crippen LogP contribution in [-0.4, -0.2) is 70.9 Å². The van der Waals surface area contributed by atoms with Gasteiger partial charge in [-0.3, -0.25) is 9.52 Å². The number of piperidine rings is 1. The highest BCUT2D eigenvalue weighted by molar-refractivity contribution is 9.10. The summed E-state index contributed by atoms with van der Waals surface area (Å²) in [5.41, 5.74) is 2.92. The van der Waals surface area contributed by atoms with Crippen molar-refractivity contribution in [3.8, 4) is 0 Å². The molecule has 0 saturated carbocycles. The fourth-order valence-electron chi connectivity index (χ4n) is 4.75. The number of carbonyl (C=O) groups excluding carboxylic acids is 1. The monoisotopic (exact) mass is 562 g/mol. The molecule has 10 nitrogen and oxygen atoms in total. The van der Waals surface area contributed by atoms with Crippen molar-refractivity contribution in [2.75, 3.05) is 35.5 Å². The number of β-amino-alcohol motifs (C(OH)–C–C–N with tert-alkyl or cyclic N) is 1. The minimum atomic E-state index is -3.56. The normalized spacial score (nSPS) is 19.1. The number of sulfonamides is 1. The molecular weight excluding hydrogens is 536 g/mol. The molecule has 2 saturated heterocycles. The highest BCUT2D eigenvalue weighted by atomic mass is 79.9. The summed E-state index contributed by atoms with van der Waals surface area (Å²) in [5.74, 6) is 0.579. The molecule has 1 atom stereocenters. The Kier molecular flexibility index (Phi) is 6.22. The molecule has 0 aliphatic carbocycles. The summed E-state index contributed by atoms with van der Waals surface area (Å²) in [4.78, 5) is 22.3. The summed E-state index contributed by atoms with van der Waals surface area (Å²) in [6, 6.07) is 6.58. The Morgan fingerprint density at radius 3 is 2.71 bits per heavy atom. The Hall–Kier alpha value is -2.70. The molecule has 35 heavy (non-hydrogen) atoms. The highest BCUT2D eigenvalue weighted by Gasteiger charge is 2.33. The van der Waals surface area contributed by atoms with Crippen molar-refractivity contribution in [2.24, 2.45) is 0 Å². The SMILES string of the molecule is Cc1cn2nc(C3CCCCN3C(=O)c3cc(Br)ccc3NS(C)(=O)=O)cc2nc1N1CC(O)C1. The van der Waals surface area contributed by atoms with Gasteiger partial charge in [-0.2, -0.15) is 5.10 Å². The topological polar surface area (TPSA) is 120 Å². The number of aromatic nitrogens is 3. The third-order valence-electron chi connectivity index (χ3n) is 6.40. The Bertz CT molecular complexity index is 1400. The fourth-order valence-corrected chi connectivity index (χ4v) is 5.69. The first-order chi connectivity index (χ1) is 16.6. The molecule has 12 heteroatoms. The third kappa shape index (κ3) is 4.87. The number of fused-ring (bicyclic) bond motifs is 1. The molecule has 186 valence electrons. The van der Waals surface area contributed by atoms with E-state index in [1.54, 1.807) is 27.6 Å². The predicted octanol–water partition coefficient (Wildman–Crippen LogP) is 2.72. The molecule has 2 aliphatic rings. The molecular formula is C23H27BrN6O4S. The third-order valence-corrected chi connectivity index (χ3v) is 7.48. The van der Waals surface area contributed by atoms with Crippen LogP contribution in [0.3, 0.4) is 0 Å². The minimum Gasteiger partial charge on any atom is -0.389 e. The fraction of sp³-hybridized carbons (Fsp3) is 0.435. The van der Waals surface area contributed by atoms with Crippen LogP contribution in [-0.2, 0) is 10.0 Å². The van der Waals surface area contributed by atoms with Crippen molar-refractivity contribution in [1.29, 1.82) is 0 Å². The van der Waals surface area contributed by atoms with Crippen molar-refractivity contribution in [3.63, 3.8) is 0 Å². The summed E-state index contributed by atoms with van der Waals surface area (Å²) < 4.78 is 28.6. The highest BCUT2D eigenvalue weighted by Crippen LogP contribution is 2.34. The Morgan fingerprint density at radius 2 is 2.00 bits per heavy atom. The first-order valence-corrected chi connectivity index (χ1v) is 14.2. The number of hydrogen-bond acceptors (Lipinski definition) is 7. The van der Waals surface area contributed by atoms with Crippen LogP contribution in [0.25, 0.3) is 5.65 Å². The van der Waals surface area contributed by atoms with E-state index in [2.05, 4.69) is 20.7 Å². The van der Waals surface area contributed by atoms with E-state index in [0.717, 1.165) is 42.6 Å². The molecule has 1 amide bonds. The number of aliphatic hydroxyl groups excluding tert-OH is 1. The van der Waals surface area contributed by atoms with Gasteiger partial charge < -0.3 is 14.9 Å². The van der Waals surface area contributed by atoms with Crippen molar-refractivity contribution >= 4 is 49.0 Å². The smallest absolute Gasteiger partial charge is 0.256 e. The van der Waals surface area contributed by atoms with E-state index in [-0.39, 0.29) is 29.3 Å². The summed E-state index contributed by atoms with van der Waals surface area (Å²) >= 11 is 3.40. The van der Waals surface area contributed by atoms with Gasteiger partial charge in [0.1, 0.15) is 5.82 Å². The molecule has 0 bridgehead atoms. The molecule has 2 fully saturated rings. The van der Waals surface area contributed by atoms with Crippen LogP contribution in [0.15, 0.2) is 34.9 Å². The molecule has 2 N–H and O–H groups in total. The molecule has 2 aromatic heterocycles. The van der Waals surface area contributed by atoms with Gasteiger partial charge in [-0.15, -0.1) is 0 Å². The van der Waals surface area contributed by atoms with E-state index in [1.165, 1.54) is 0 Å². The number of likely N-dealkylation sites (tertiary alicyclic amines) is 1. The van der Waals surface area contributed by atoms with Crippen LogP contribution >= 0.6 is 15.9 Å². The van der Waals surface area contributed by atoms with E-state index in [0.29, 0.717) is 29.8 Å². The van der Waals surface area contributed by atoms with Crippen LogP contribution < -0.4 is 9.62 Å². The van der Waals surface area contributed by atoms with Crippen molar-refractivity contribution in [1.82, 2.24) is 19.5 Å². The zero-order chi connectivity index (χ0) is 24.9. The van der Waals surface area contributed by atoms with Gasteiger partial charge in [-0.25, -0.2) is 17.9 Å². The average molecular weight is 563 g/mol. The molecule has 4 heterocycles. The number of aliphatic hydroxyl groups is 1. The van der Waals surface area contributed by atoms with Gasteiger partial charge in [0.25, 0.3) is 5.91 Å². The maximum atomic E-state index is 13.7. The van der Waals surface area contributed by atoms with Gasteiger partial charge in [-0.05, 0) is 44.4 Å². The van der Waals surface area contributed by atoms with Gasteiger partial charge in [0.15, 0.2) is 5.65 Å². The number of amides is 1. The van der Waals surface area contributed by atoms with E-state index in [1.807, 2.05) is 24.1 Å². The Balaban J connectivity index is 1.49. The lowest BCUT2D eigenvalue weighted by Crippen LogP contribution is -2.51. The summed E-state index contributed by atoms with van der Waals surface area (Å²) in [6.45, 7) is 3.64. The minimum absolute atomic E-state index is 0.249. The maximum absolute atomic E-state index is 13.7. The number of hydrogen-bond donors (Lipinski definition) is 2. The number of anilines is 2. The summed E-state index contributed by atoms with van der Waals surface area (Å²) in [5, 5.41) is 14.4. The van der Waals surface area contributed by atoms with Gasteiger partial charge in [-0.1, -0.05) is 15.9 Å². The number of carbonyl (C=O) groups is 1. The van der Waals surface area contributed by atoms with Crippen LogP contribution in [0.2, 0.25) is 0 Å². The van der Waals surface area contributed by atoms with Crippen LogP contribution in [0.5, 0.6) is 0 Å². The average Bonchev–Trinajstić information content (AvgIpc) is 3.19. The lowest BCUT2D eigenvalue weighted by molar-refractivity contribution is 0.0606. The largest absolute Gasteiger partial charge is 0.389 e. The summed E-state index contributed by atoms with van der Waals surface area (Å²) in [7, 11) is -3.56. The predicted molar refractivity (Wildman–Crippen MR) is 136 cm³/mol. The molecule has 3 aromatic rings. The van der Waals surface area contributed by atoms with Gasteiger partial charge >= 0.3 is 0 Å². The van der Waals surface area contributed by atoms with Crippen LogP contribution in [0.4, 0.5) is 11.5 Å². The Morgan fingerprint density at radius 1 is 1.23 bits per heavy atom. The first kappa shape index (κ1) is 24.0. The number of rotatable bonds is 5. The number of nitrogens with zero attached hydrogens (tertiary/aromatic N) is 5. The quantitative estimate of drug-likeness (QED) is 0.490. The van der Waals surface area contributed by atoms with Crippen molar-refractivity contribution in [2.45, 2.75) is 38.3 Å². The van der Waals surface area contributed by atoms with Crippen LogP contribution in [0, 0.1) is 6.92 Å². The van der Waals surface area contributed by atoms with E-state index in [4.69, 9.17) is 10.1 Å². The van der Waals surface area contributed by atoms with E-state index < -0.39 is 10.0 Å². The number of nitrogens with one attached hydrogen (secondary N) is 1. The van der Waals surface area contributed by atoms with Crippen LogP contribution in [0.1, 0.15) is 46.9 Å². The van der Waals surface area contributed by atoms with Gasteiger partial charge in [0.05, 0.1) is 35.3 Å². The van der Waals surface area contributed by atoms with Crippen molar-refractivity contribution in [3.05, 3.63) is 51.8 Å². The Labute approximate surface area is 212 Å². The number of aryl methyl sites for hydroxylation is 1. The van der Waals surface area contributed by atoms with Gasteiger partial charge in [0.2, 0.25) is 10.0 Å². The zero-order valence-electron chi connectivity index (χ0n) is 19.5. The first-order valence-electron chi connectivity index (χ1n) is 11.5. The molecule has 5 rings (SSSR count). The molecule has 1 unspecified atom stereocenters. The second-order valence-electron chi connectivity index (χ2n) is 9.25. The standard InChI is InChI=1S/C23H27BrN6O4S/c1-14-11-30-21(25-22(14)28-12-16(31)13-28)10-19(26-30)20-5-3-4-8-29(20)23(32)17-9-15(24)6-7-18(17)27-35(2,33)34/h6-7,9-11,16,20,27,31H,3-5,8,12-13H2,1-2H3. The molecule has 1 aromatic carbocycles. The second kappa shape index (κ2) is 9.07. The molecule has 0 spiro atoms. The lowest BCUT2D eigenvalue weighted by atomic mass is 9.98. The molecule has 2 aliphatic heterocycles. The van der Waals surface area contributed by atoms with E-state index in [9.17, 15) is 18.3 Å². The van der Waals surface area contributed by atoms with Gasteiger partial charge in [0, 0.05) is 41.9 Å². The second-order valence-corrected chi connectivity index (χ2v) is 11.9. The van der Waals surface area contributed by atoms with E-state index >= 15 is 0 Å². The summed E-state index contributed by atoms with van der Waals surface area (Å²) in [6.07, 6.45) is 5.23. The maximum Gasteiger partial charge on any atom is 0.256 e. The number of benzene rings is 1.